The quantitative estimate of drug-likeness (QED) is 0.343. The molecule has 24 heavy (non-hydrogen) atoms. The molecule has 4 nitrogen and oxygen atoms in total. The Bertz CT molecular complexity index is 746. The van der Waals surface area contributed by atoms with E-state index >= 15 is 0 Å². The highest BCUT2D eigenvalue weighted by Gasteiger charge is 2.13. The number of benzene rings is 2. The average Bonchev–Trinajstić information content (AvgIpc) is 2.54. The van der Waals surface area contributed by atoms with Crippen LogP contribution in [0.5, 0.6) is 5.75 Å². The molecule has 2 rings (SSSR count). The van der Waals surface area contributed by atoms with Gasteiger partial charge in [-0.1, -0.05) is 11.6 Å². The number of hydrogen-bond acceptors (Lipinski definition) is 4. The minimum absolute atomic E-state index is 0.115. The summed E-state index contributed by atoms with van der Waals surface area (Å²) in [5, 5.41) is 14.0. The normalized spacial score (nSPS) is 12.3. The van der Waals surface area contributed by atoms with Crippen molar-refractivity contribution in [1.82, 2.24) is 5.43 Å². The largest absolute Gasteiger partial charge is 0.506 e. The minimum Gasteiger partial charge on any atom is -0.506 e. The molecule has 0 saturated heterocycles. The Morgan fingerprint density at radius 1 is 1.29 bits per heavy atom. The maximum absolute atomic E-state index is 12.1. The SMILES string of the molecule is CC(Sc1ccc(Cl)cc1)C(=O)NN=Cc1cc(Br)c(O)c(Br)c1. The van der Waals surface area contributed by atoms with Crippen molar-refractivity contribution in [2.24, 2.45) is 5.10 Å². The van der Waals surface area contributed by atoms with Gasteiger partial charge in [-0.3, -0.25) is 4.79 Å². The van der Waals surface area contributed by atoms with E-state index in [9.17, 15) is 9.90 Å². The summed E-state index contributed by atoms with van der Waals surface area (Å²) >= 11 is 13.7. The first-order valence-electron chi connectivity index (χ1n) is 6.80. The van der Waals surface area contributed by atoms with Crippen molar-refractivity contribution in [2.45, 2.75) is 17.1 Å². The molecule has 0 saturated carbocycles. The molecule has 0 spiro atoms. The van der Waals surface area contributed by atoms with Gasteiger partial charge in [-0.05, 0) is 80.7 Å². The van der Waals surface area contributed by atoms with Crippen LogP contribution in [0, 0.1) is 0 Å². The molecule has 0 aliphatic carbocycles. The number of carbonyl (C=O) groups is 1. The van der Waals surface area contributed by atoms with Crippen molar-refractivity contribution < 1.29 is 9.90 Å². The lowest BCUT2D eigenvalue weighted by atomic mass is 10.2. The third kappa shape index (κ3) is 5.51. The molecule has 0 aromatic heterocycles. The molecule has 1 amide bonds. The van der Waals surface area contributed by atoms with Gasteiger partial charge >= 0.3 is 0 Å². The van der Waals surface area contributed by atoms with Gasteiger partial charge in [-0.15, -0.1) is 11.8 Å². The van der Waals surface area contributed by atoms with Gasteiger partial charge in [0.25, 0.3) is 5.91 Å². The standard InChI is InChI=1S/C16H13Br2ClN2O2S/c1-9(24-12-4-2-11(19)3-5-12)16(23)21-20-8-10-6-13(17)15(22)14(18)7-10/h2-9,22H,1H3,(H,21,23). The number of hydrogen-bond donors (Lipinski definition) is 2. The molecule has 1 unspecified atom stereocenters. The summed E-state index contributed by atoms with van der Waals surface area (Å²) in [7, 11) is 0. The number of aromatic hydroxyl groups is 1. The molecule has 0 radical (unpaired) electrons. The number of nitrogens with zero attached hydrogens (tertiary/aromatic N) is 1. The number of hydrazone groups is 1. The van der Waals surface area contributed by atoms with E-state index in [4.69, 9.17) is 11.6 Å². The van der Waals surface area contributed by atoms with Crippen molar-refractivity contribution in [3.63, 3.8) is 0 Å². The van der Waals surface area contributed by atoms with Gasteiger partial charge in [0.2, 0.25) is 0 Å². The van der Waals surface area contributed by atoms with Gasteiger partial charge in [-0.25, -0.2) is 5.43 Å². The molecule has 1 atom stereocenters. The summed E-state index contributed by atoms with van der Waals surface area (Å²) in [4.78, 5) is 13.0. The zero-order valence-corrected chi connectivity index (χ0v) is 17.2. The molecular weight excluding hydrogens is 480 g/mol. The first kappa shape index (κ1) is 19.3. The fourth-order valence-electron chi connectivity index (χ4n) is 1.69. The number of thioether (sulfide) groups is 1. The molecule has 0 heterocycles. The first-order chi connectivity index (χ1) is 11.4. The second-order valence-electron chi connectivity index (χ2n) is 4.78. The van der Waals surface area contributed by atoms with Crippen molar-refractivity contribution in [3.05, 3.63) is 55.9 Å². The lowest BCUT2D eigenvalue weighted by molar-refractivity contribution is -0.120. The average molecular weight is 493 g/mol. The fraction of sp³-hybridized carbons (Fsp3) is 0.125. The zero-order valence-electron chi connectivity index (χ0n) is 12.5. The monoisotopic (exact) mass is 490 g/mol. The van der Waals surface area contributed by atoms with E-state index in [-0.39, 0.29) is 16.9 Å². The predicted octanol–water partition coefficient (Wildman–Crippen LogP) is 5.20. The summed E-state index contributed by atoms with van der Waals surface area (Å²) in [5.74, 6) is -0.0905. The summed E-state index contributed by atoms with van der Waals surface area (Å²) in [6, 6.07) is 10.7. The van der Waals surface area contributed by atoms with E-state index in [2.05, 4.69) is 42.4 Å². The maximum Gasteiger partial charge on any atom is 0.253 e. The Hall–Kier alpha value is -1.02. The second-order valence-corrected chi connectivity index (χ2v) is 8.34. The molecule has 2 aromatic rings. The van der Waals surface area contributed by atoms with Gasteiger partial charge in [0.1, 0.15) is 5.75 Å². The fourth-order valence-corrected chi connectivity index (χ4v) is 3.90. The lowest BCUT2D eigenvalue weighted by Gasteiger charge is -2.09. The van der Waals surface area contributed by atoms with Crippen molar-refractivity contribution in [3.8, 4) is 5.75 Å². The van der Waals surface area contributed by atoms with E-state index in [0.29, 0.717) is 14.0 Å². The van der Waals surface area contributed by atoms with Crippen LogP contribution >= 0.6 is 55.2 Å². The van der Waals surface area contributed by atoms with E-state index in [0.717, 1.165) is 10.5 Å². The van der Waals surface area contributed by atoms with Crippen molar-refractivity contribution in [1.29, 1.82) is 0 Å². The molecule has 0 aliphatic heterocycles. The second kappa shape index (κ2) is 8.89. The molecule has 8 heteroatoms. The van der Waals surface area contributed by atoms with Crippen molar-refractivity contribution >= 4 is 67.3 Å². The minimum atomic E-state index is -0.304. The smallest absolute Gasteiger partial charge is 0.253 e. The molecule has 0 aliphatic rings. The summed E-state index contributed by atoms with van der Waals surface area (Å²) in [6.45, 7) is 1.80. The van der Waals surface area contributed by atoms with Crippen LogP contribution in [0.4, 0.5) is 0 Å². The molecule has 126 valence electrons. The van der Waals surface area contributed by atoms with Gasteiger partial charge in [-0.2, -0.15) is 5.10 Å². The molecule has 0 fully saturated rings. The zero-order chi connectivity index (χ0) is 17.7. The third-order valence-corrected chi connectivity index (χ3v) is 5.50. The molecule has 2 aromatic carbocycles. The Balaban J connectivity index is 1.93. The highest BCUT2D eigenvalue weighted by Crippen LogP contribution is 2.32. The molecular formula is C16H13Br2ClN2O2S. The highest BCUT2D eigenvalue weighted by atomic mass is 79.9. The van der Waals surface area contributed by atoms with Crippen LogP contribution in [0.1, 0.15) is 12.5 Å². The number of nitrogens with one attached hydrogen (secondary N) is 1. The summed E-state index contributed by atoms with van der Waals surface area (Å²) < 4.78 is 1.08. The number of rotatable bonds is 5. The first-order valence-corrected chi connectivity index (χ1v) is 9.64. The van der Waals surface area contributed by atoms with E-state index in [1.54, 1.807) is 31.2 Å². The van der Waals surface area contributed by atoms with Crippen LogP contribution in [-0.4, -0.2) is 22.5 Å². The number of carbonyl (C=O) groups excluding carboxylic acids is 1. The molecule has 2 N–H and O–H groups in total. The molecule has 0 bridgehead atoms. The number of halogens is 3. The summed E-state index contributed by atoms with van der Waals surface area (Å²) in [6.07, 6.45) is 1.51. The van der Waals surface area contributed by atoms with Crippen LogP contribution in [0.3, 0.4) is 0 Å². The van der Waals surface area contributed by atoms with Gasteiger partial charge in [0, 0.05) is 9.92 Å². The Morgan fingerprint density at radius 2 is 1.88 bits per heavy atom. The highest BCUT2D eigenvalue weighted by molar-refractivity contribution is 9.11. The Morgan fingerprint density at radius 3 is 2.46 bits per heavy atom. The topological polar surface area (TPSA) is 61.7 Å². The number of phenols is 1. The van der Waals surface area contributed by atoms with Gasteiger partial charge in [0.15, 0.2) is 0 Å². The van der Waals surface area contributed by atoms with Crippen LogP contribution < -0.4 is 5.43 Å². The van der Waals surface area contributed by atoms with Crippen LogP contribution in [-0.2, 0) is 4.79 Å². The number of phenolic OH excluding ortho intramolecular Hbond substituents is 1. The van der Waals surface area contributed by atoms with Crippen LogP contribution in [0.25, 0.3) is 0 Å². The lowest BCUT2D eigenvalue weighted by Crippen LogP contribution is -2.26. The van der Waals surface area contributed by atoms with Gasteiger partial charge in [0.05, 0.1) is 20.4 Å². The Labute approximate surface area is 165 Å². The Kier molecular flexibility index (Phi) is 7.16. The van der Waals surface area contributed by atoms with Gasteiger partial charge < -0.3 is 5.11 Å². The number of amides is 1. The van der Waals surface area contributed by atoms with Crippen LogP contribution in [0.15, 0.2) is 55.3 Å². The van der Waals surface area contributed by atoms with Crippen molar-refractivity contribution in [2.75, 3.05) is 0 Å². The van der Waals surface area contributed by atoms with E-state index in [1.165, 1.54) is 18.0 Å². The van der Waals surface area contributed by atoms with E-state index in [1.807, 2.05) is 12.1 Å². The summed E-state index contributed by atoms with van der Waals surface area (Å²) in [5.41, 5.74) is 3.23. The van der Waals surface area contributed by atoms with Crippen LogP contribution in [0.2, 0.25) is 5.02 Å². The predicted molar refractivity (Wildman–Crippen MR) is 106 cm³/mol. The third-order valence-electron chi connectivity index (χ3n) is 2.92. The van der Waals surface area contributed by atoms with E-state index < -0.39 is 0 Å². The maximum atomic E-state index is 12.1.